The second-order valence-electron chi connectivity index (χ2n) is 8.60. The summed E-state index contributed by atoms with van der Waals surface area (Å²) in [7, 11) is 1.62. The van der Waals surface area contributed by atoms with E-state index in [-0.39, 0.29) is 40.8 Å². The maximum atomic E-state index is 14.1. The van der Waals surface area contributed by atoms with Crippen LogP contribution in [0.4, 0.5) is 15.1 Å². The third-order valence-corrected chi connectivity index (χ3v) is 5.32. The predicted molar refractivity (Wildman–Crippen MR) is 105 cm³/mol. The van der Waals surface area contributed by atoms with E-state index >= 15 is 0 Å². The lowest BCUT2D eigenvalue weighted by molar-refractivity contribution is 0.0272. The van der Waals surface area contributed by atoms with Crippen molar-refractivity contribution in [3.8, 4) is 11.3 Å². The molecule has 2 fully saturated rings. The third-order valence-electron chi connectivity index (χ3n) is 5.32. The van der Waals surface area contributed by atoms with Crippen molar-refractivity contribution in [2.24, 2.45) is 18.9 Å². The van der Waals surface area contributed by atoms with E-state index in [4.69, 9.17) is 4.74 Å². The summed E-state index contributed by atoms with van der Waals surface area (Å²) in [5.41, 5.74) is -0.314. The van der Waals surface area contributed by atoms with E-state index in [9.17, 15) is 14.0 Å². The molecule has 1 aliphatic carbocycles. The highest BCUT2D eigenvalue weighted by molar-refractivity contribution is 5.69. The van der Waals surface area contributed by atoms with Crippen LogP contribution in [0.1, 0.15) is 20.8 Å². The number of likely N-dealkylation sites (tertiary alicyclic amines) is 1. The van der Waals surface area contributed by atoms with Gasteiger partial charge in [0.15, 0.2) is 5.82 Å². The van der Waals surface area contributed by atoms with E-state index in [0.29, 0.717) is 19.0 Å². The van der Waals surface area contributed by atoms with E-state index in [1.165, 1.54) is 22.9 Å². The van der Waals surface area contributed by atoms with Gasteiger partial charge in [-0.2, -0.15) is 0 Å². The van der Waals surface area contributed by atoms with Gasteiger partial charge in [-0.1, -0.05) is 0 Å². The Hall–Kier alpha value is -2.97. The van der Waals surface area contributed by atoms with Crippen molar-refractivity contribution in [3.05, 3.63) is 40.7 Å². The van der Waals surface area contributed by atoms with Crippen LogP contribution >= 0.6 is 0 Å². The number of nitrogens with one attached hydrogen (secondary N) is 1. The summed E-state index contributed by atoms with van der Waals surface area (Å²) in [5.74, 6) is 0.406. The van der Waals surface area contributed by atoms with E-state index in [1.54, 1.807) is 11.9 Å². The number of piperidine rings is 1. The molecule has 2 aliphatic rings. The topological polar surface area (TPSA) is 89.3 Å². The highest BCUT2D eigenvalue weighted by atomic mass is 19.1. The number of hydrogen-bond acceptors (Lipinski definition) is 6. The third kappa shape index (κ3) is 3.81. The van der Waals surface area contributed by atoms with Crippen molar-refractivity contribution < 1.29 is 13.9 Å². The molecule has 154 valence electrons. The molecular weight excluding hydrogens is 377 g/mol. The minimum Gasteiger partial charge on any atom is -0.444 e. The summed E-state index contributed by atoms with van der Waals surface area (Å²) in [6.45, 7) is 6.73. The molecule has 0 bridgehead atoms. The van der Waals surface area contributed by atoms with Crippen molar-refractivity contribution in [2.75, 3.05) is 18.4 Å². The molecule has 29 heavy (non-hydrogen) atoms. The molecule has 9 heteroatoms. The van der Waals surface area contributed by atoms with Gasteiger partial charge in [-0.25, -0.2) is 14.2 Å². The first-order chi connectivity index (χ1) is 13.6. The second kappa shape index (κ2) is 6.82. The van der Waals surface area contributed by atoms with Gasteiger partial charge in [0, 0.05) is 55.8 Å². The van der Waals surface area contributed by atoms with Crippen molar-refractivity contribution in [2.45, 2.75) is 32.4 Å². The summed E-state index contributed by atoms with van der Waals surface area (Å²) >= 11 is 0. The number of halogens is 1. The lowest BCUT2D eigenvalue weighted by Crippen LogP contribution is -2.38. The minimum atomic E-state index is -0.532. The fourth-order valence-electron chi connectivity index (χ4n) is 3.75. The monoisotopic (exact) mass is 401 g/mol. The van der Waals surface area contributed by atoms with Crippen molar-refractivity contribution in [3.63, 3.8) is 0 Å². The van der Waals surface area contributed by atoms with Crippen molar-refractivity contribution in [1.82, 2.24) is 19.4 Å². The van der Waals surface area contributed by atoms with Crippen molar-refractivity contribution >= 4 is 12.0 Å². The van der Waals surface area contributed by atoms with Gasteiger partial charge in [-0.3, -0.25) is 14.3 Å². The highest BCUT2D eigenvalue weighted by Crippen LogP contribution is 2.47. The Morgan fingerprint density at radius 2 is 2.00 bits per heavy atom. The van der Waals surface area contributed by atoms with E-state index in [2.05, 4.69) is 15.3 Å². The standard InChI is InChI=1S/C20H24FN5O3/c1-20(2,3)29-19(28)26-9-12-13(10-26)17(12)24-18-23-15(7-16(27)25(18)4)11-5-6-22-8-14(11)21/h5-8,12-13,17H,9-10H2,1-4H3,(H,23,24)/t12-,13+,17?. The summed E-state index contributed by atoms with van der Waals surface area (Å²) in [6, 6.07) is 2.91. The first-order valence-electron chi connectivity index (χ1n) is 9.56. The van der Waals surface area contributed by atoms with Gasteiger partial charge >= 0.3 is 6.09 Å². The number of rotatable bonds is 3. The van der Waals surface area contributed by atoms with Crippen LogP contribution in [0, 0.1) is 17.7 Å². The Morgan fingerprint density at radius 3 is 2.62 bits per heavy atom. The average molecular weight is 401 g/mol. The SMILES string of the molecule is Cn1c(NC2[C@H]3CN(C(=O)OC(C)(C)C)C[C@@H]23)nc(-c2ccncc2F)cc1=O. The van der Waals surface area contributed by atoms with Crippen LogP contribution in [0.3, 0.4) is 0 Å². The Bertz CT molecular complexity index is 1000. The number of carbonyl (C=O) groups excluding carboxylic acids is 1. The number of aromatic nitrogens is 3. The van der Waals surface area contributed by atoms with E-state index in [1.807, 2.05) is 20.8 Å². The number of pyridine rings is 1. The lowest BCUT2D eigenvalue weighted by Gasteiger charge is -2.26. The molecule has 0 spiro atoms. The van der Waals surface area contributed by atoms with Gasteiger partial charge in [-0.05, 0) is 26.8 Å². The average Bonchev–Trinajstić information content (AvgIpc) is 3.07. The molecule has 1 N–H and O–H groups in total. The van der Waals surface area contributed by atoms with Gasteiger partial charge in [0.2, 0.25) is 5.95 Å². The Kier molecular flexibility index (Phi) is 4.55. The zero-order valence-corrected chi connectivity index (χ0v) is 16.8. The zero-order chi connectivity index (χ0) is 20.9. The van der Waals surface area contributed by atoms with E-state index < -0.39 is 11.4 Å². The molecule has 2 aromatic heterocycles. The zero-order valence-electron chi connectivity index (χ0n) is 16.8. The number of hydrogen-bond donors (Lipinski definition) is 1. The highest BCUT2D eigenvalue weighted by Gasteiger charge is 2.57. The Balaban J connectivity index is 1.47. The molecule has 4 rings (SSSR count). The molecule has 1 saturated heterocycles. The molecule has 0 aromatic carbocycles. The van der Waals surface area contributed by atoms with Gasteiger partial charge in [0.05, 0.1) is 11.9 Å². The molecular formula is C20H24FN5O3. The second-order valence-corrected chi connectivity index (χ2v) is 8.60. The van der Waals surface area contributed by atoms with Crippen LogP contribution in [0.5, 0.6) is 0 Å². The minimum absolute atomic E-state index is 0.115. The van der Waals surface area contributed by atoms with Crippen LogP contribution in [-0.4, -0.2) is 50.3 Å². The largest absolute Gasteiger partial charge is 0.444 e. The smallest absolute Gasteiger partial charge is 0.410 e. The maximum absolute atomic E-state index is 14.1. The van der Waals surface area contributed by atoms with Gasteiger partial charge in [0.25, 0.3) is 5.56 Å². The fourth-order valence-corrected chi connectivity index (χ4v) is 3.75. The van der Waals surface area contributed by atoms with Crippen LogP contribution in [0.25, 0.3) is 11.3 Å². The van der Waals surface area contributed by atoms with Gasteiger partial charge in [0.1, 0.15) is 5.60 Å². The quantitative estimate of drug-likeness (QED) is 0.849. The molecule has 1 aliphatic heterocycles. The Morgan fingerprint density at radius 1 is 1.31 bits per heavy atom. The fraction of sp³-hybridized carbons (Fsp3) is 0.500. The number of nitrogens with zero attached hydrogens (tertiary/aromatic N) is 4. The molecule has 2 aromatic rings. The number of amides is 1. The molecule has 1 unspecified atom stereocenters. The molecule has 1 amide bonds. The summed E-state index contributed by atoms with van der Waals surface area (Å²) in [4.78, 5) is 34.5. The van der Waals surface area contributed by atoms with Crippen LogP contribution in [0.15, 0.2) is 29.3 Å². The number of carbonyl (C=O) groups is 1. The van der Waals surface area contributed by atoms with E-state index in [0.717, 1.165) is 6.20 Å². The van der Waals surface area contributed by atoms with Gasteiger partial charge < -0.3 is 15.0 Å². The molecule has 0 radical (unpaired) electrons. The summed E-state index contributed by atoms with van der Waals surface area (Å²) < 4.78 is 20.9. The molecule has 1 saturated carbocycles. The maximum Gasteiger partial charge on any atom is 0.410 e. The number of anilines is 1. The van der Waals surface area contributed by atoms with Crippen molar-refractivity contribution in [1.29, 1.82) is 0 Å². The van der Waals surface area contributed by atoms with Crippen LogP contribution < -0.4 is 10.9 Å². The summed E-state index contributed by atoms with van der Waals surface area (Å²) in [5, 5.41) is 3.30. The van der Waals surface area contributed by atoms with Gasteiger partial charge in [-0.15, -0.1) is 0 Å². The van der Waals surface area contributed by atoms with Crippen LogP contribution in [-0.2, 0) is 11.8 Å². The molecule has 3 heterocycles. The number of ether oxygens (including phenoxy) is 1. The van der Waals surface area contributed by atoms with Crippen LogP contribution in [0.2, 0.25) is 0 Å². The summed E-state index contributed by atoms with van der Waals surface area (Å²) in [6.07, 6.45) is 2.25. The first kappa shape index (κ1) is 19.4. The first-order valence-corrected chi connectivity index (χ1v) is 9.56. The Labute approximate surface area is 167 Å². The lowest BCUT2D eigenvalue weighted by atomic mass is 10.2. The predicted octanol–water partition coefficient (Wildman–Crippen LogP) is 2.26. The normalized spacial score (nSPS) is 22.9. The number of fused-ring (bicyclic) bond motifs is 1. The molecule has 8 nitrogen and oxygen atoms in total. The molecule has 3 atom stereocenters.